The molecule has 1 fully saturated rings. The van der Waals surface area contributed by atoms with Crippen molar-refractivity contribution in [3.05, 3.63) is 17.7 Å². The highest BCUT2D eigenvalue weighted by molar-refractivity contribution is 7.80. The summed E-state index contributed by atoms with van der Waals surface area (Å²) in [6.45, 7) is 1.50. The molecule has 0 bridgehead atoms. The Labute approximate surface area is 147 Å². The highest BCUT2D eigenvalue weighted by Gasteiger charge is 2.15. The van der Waals surface area contributed by atoms with Gasteiger partial charge in [0, 0.05) is 25.3 Å². The number of ether oxygens (including phenoxy) is 4. The zero-order chi connectivity index (χ0) is 17.4. The Balaban J connectivity index is 1.95. The number of hydrogen-bond donors (Lipinski definition) is 2. The number of hydrogen-bond acceptors (Lipinski definition) is 6. The van der Waals surface area contributed by atoms with E-state index in [-0.39, 0.29) is 6.10 Å². The SMILES string of the molecule is COc1cc(OC)c(/C=N\NC(=S)NC[C@@H]2CCCO2)c(OC)c1. The fourth-order valence-corrected chi connectivity index (χ4v) is 2.50. The van der Waals surface area contributed by atoms with Gasteiger partial charge in [0.1, 0.15) is 17.2 Å². The zero-order valence-electron chi connectivity index (χ0n) is 14.1. The summed E-state index contributed by atoms with van der Waals surface area (Å²) in [7, 11) is 4.74. The first kappa shape index (κ1) is 18.3. The zero-order valence-corrected chi connectivity index (χ0v) is 14.9. The van der Waals surface area contributed by atoms with Crippen LogP contribution in [0.1, 0.15) is 18.4 Å². The van der Waals surface area contributed by atoms with E-state index < -0.39 is 0 Å². The maximum absolute atomic E-state index is 5.53. The third kappa shape index (κ3) is 4.97. The minimum atomic E-state index is 0.218. The van der Waals surface area contributed by atoms with Crippen molar-refractivity contribution in [2.45, 2.75) is 18.9 Å². The van der Waals surface area contributed by atoms with Crippen LogP contribution in [0.25, 0.3) is 0 Å². The van der Waals surface area contributed by atoms with Crippen LogP contribution in [0.5, 0.6) is 17.2 Å². The van der Waals surface area contributed by atoms with Gasteiger partial charge in [-0.15, -0.1) is 0 Å². The van der Waals surface area contributed by atoms with Gasteiger partial charge in [0.25, 0.3) is 0 Å². The molecule has 1 atom stereocenters. The molecule has 1 heterocycles. The van der Waals surface area contributed by atoms with Crippen LogP contribution in [0.4, 0.5) is 0 Å². The Bertz CT molecular complexity index is 564. The quantitative estimate of drug-likeness (QED) is 0.439. The normalized spacial score (nSPS) is 16.9. The van der Waals surface area contributed by atoms with Crippen LogP contribution in [0.15, 0.2) is 17.2 Å². The van der Waals surface area contributed by atoms with Gasteiger partial charge < -0.3 is 24.3 Å². The Morgan fingerprint density at radius 1 is 1.29 bits per heavy atom. The van der Waals surface area contributed by atoms with E-state index in [1.54, 1.807) is 39.7 Å². The minimum Gasteiger partial charge on any atom is -0.496 e. The molecule has 0 saturated carbocycles. The number of benzene rings is 1. The van der Waals surface area contributed by atoms with Crippen LogP contribution in [-0.4, -0.2) is 51.9 Å². The van der Waals surface area contributed by atoms with Crippen molar-refractivity contribution in [3.63, 3.8) is 0 Å². The number of nitrogens with zero attached hydrogens (tertiary/aromatic N) is 1. The molecule has 1 aliphatic rings. The van der Waals surface area contributed by atoms with Gasteiger partial charge in [0.2, 0.25) is 0 Å². The first-order valence-electron chi connectivity index (χ1n) is 7.66. The molecule has 0 spiro atoms. The van der Waals surface area contributed by atoms with Gasteiger partial charge in [0.15, 0.2) is 5.11 Å². The van der Waals surface area contributed by atoms with Gasteiger partial charge in [-0.1, -0.05) is 0 Å². The topological polar surface area (TPSA) is 73.3 Å². The van der Waals surface area contributed by atoms with Crippen molar-refractivity contribution in [3.8, 4) is 17.2 Å². The molecule has 1 saturated heterocycles. The second kappa shape index (κ2) is 9.29. The Morgan fingerprint density at radius 2 is 2.00 bits per heavy atom. The molecule has 0 aromatic heterocycles. The number of hydrazone groups is 1. The van der Waals surface area contributed by atoms with E-state index in [0.29, 0.717) is 34.5 Å². The molecule has 0 radical (unpaired) electrons. The number of rotatable bonds is 7. The molecule has 2 N–H and O–H groups in total. The Morgan fingerprint density at radius 3 is 2.54 bits per heavy atom. The molecule has 8 heteroatoms. The summed E-state index contributed by atoms with van der Waals surface area (Å²) in [4.78, 5) is 0. The lowest BCUT2D eigenvalue weighted by Gasteiger charge is -2.13. The molecule has 0 unspecified atom stereocenters. The van der Waals surface area contributed by atoms with E-state index in [0.717, 1.165) is 19.4 Å². The lowest BCUT2D eigenvalue weighted by Crippen LogP contribution is -2.37. The second-order valence-electron chi connectivity index (χ2n) is 5.16. The number of methoxy groups -OCH3 is 3. The summed E-state index contributed by atoms with van der Waals surface area (Å²) in [5.74, 6) is 1.83. The van der Waals surface area contributed by atoms with Crippen LogP contribution in [0.2, 0.25) is 0 Å². The first-order chi connectivity index (χ1) is 11.7. The van der Waals surface area contributed by atoms with Gasteiger partial charge in [-0.25, -0.2) is 0 Å². The molecule has 1 aromatic carbocycles. The third-order valence-electron chi connectivity index (χ3n) is 3.63. The molecular formula is C16H23N3O4S. The van der Waals surface area contributed by atoms with Crippen LogP contribution in [0, 0.1) is 0 Å². The van der Waals surface area contributed by atoms with Crippen LogP contribution in [-0.2, 0) is 4.74 Å². The maximum atomic E-state index is 5.53. The predicted molar refractivity (Wildman–Crippen MR) is 96.4 cm³/mol. The molecular weight excluding hydrogens is 330 g/mol. The lowest BCUT2D eigenvalue weighted by molar-refractivity contribution is 0.114. The summed E-state index contributed by atoms with van der Waals surface area (Å²) in [5, 5.41) is 7.66. The highest BCUT2D eigenvalue weighted by Crippen LogP contribution is 2.32. The Kier molecular flexibility index (Phi) is 7.07. The van der Waals surface area contributed by atoms with E-state index in [4.69, 9.17) is 31.2 Å². The van der Waals surface area contributed by atoms with Crippen molar-refractivity contribution in [2.24, 2.45) is 5.10 Å². The summed E-state index contributed by atoms with van der Waals surface area (Å²) < 4.78 is 21.5. The summed E-state index contributed by atoms with van der Waals surface area (Å²) in [5.41, 5.74) is 3.47. The second-order valence-corrected chi connectivity index (χ2v) is 5.57. The molecule has 2 rings (SSSR count). The van der Waals surface area contributed by atoms with Crippen molar-refractivity contribution >= 4 is 23.5 Å². The van der Waals surface area contributed by atoms with E-state index in [1.807, 2.05) is 0 Å². The molecule has 0 amide bonds. The van der Waals surface area contributed by atoms with Gasteiger partial charge in [-0.3, -0.25) is 5.43 Å². The van der Waals surface area contributed by atoms with Crippen LogP contribution >= 0.6 is 12.2 Å². The van der Waals surface area contributed by atoms with Crippen LogP contribution in [0.3, 0.4) is 0 Å². The lowest BCUT2D eigenvalue weighted by atomic mass is 10.2. The number of nitrogens with one attached hydrogen (secondary N) is 2. The van der Waals surface area contributed by atoms with Gasteiger partial charge in [0.05, 0.1) is 39.2 Å². The van der Waals surface area contributed by atoms with Crippen molar-refractivity contribution in [1.29, 1.82) is 0 Å². The van der Waals surface area contributed by atoms with Crippen molar-refractivity contribution in [1.82, 2.24) is 10.7 Å². The fraction of sp³-hybridized carbons (Fsp3) is 0.500. The van der Waals surface area contributed by atoms with Gasteiger partial charge in [-0.05, 0) is 25.1 Å². The van der Waals surface area contributed by atoms with Crippen LogP contribution < -0.4 is 25.0 Å². The van der Waals surface area contributed by atoms with E-state index in [1.165, 1.54) is 0 Å². The van der Waals surface area contributed by atoms with E-state index in [2.05, 4.69) is 15.8 Å². The van der Waals surface area contributed by atoms with E-state index >= 15 is 0 Å². The molecule has 0 aliphatic carbocycles. The molecule has 132 valence electrons. The average Bonchev–Trinajstić information content (AvgIpc) is 3.13. The first-order valence-corrected chi connectivity index (χ1v) is 8.07. The monoisotopic (exact) mass is 353 g/mol. The molecule has 1 aromatic rings. The maximum Gasteiger partial charge on any atom is 0.187 e. The smallest absolute Gasteiger partial charge is 0.187 e. The van der Waals surface area contributed by atoms with E-state index in [9.17, 15) is 0 Å². The predicted octanol–water partition coefficient (Wildman–Crippen LogP) is 1.69. The average molecular weight is 353 g/mol. The minimum absolute atomic E-state index is 0.218. The van der Waals surface area contributed by atoms with Crippen molar-refractivity contribution < 1.29 is 18.9 Å². The van der Waals surface area contributed by atoms with Gasteiger partial charge >= 0.3 is 0 Å². The summed E-state index contributed by atoms with van der Waals surface area (Å²) in [6, 6.07) is 3.52. The molecule has 1 aliphatic heterocycles. The van der Waals surface area contributed by atoms with Gasteiger partial charge in [-0.2, -0.15) is 5.10 Å². The summed E-state index contributed by atoms with van der Waals surface area (Å²) in [6.07, 6.45) is 3.97. The van der Waals surface area contributed by atoms with Crippen molar-refractivity contribution in [2.75, 3.05) is 34.5 Å². The standard InChI is InChI=1S/C16H23N3O4S/c1-20-12-7-14(21-2)13(15(8-12)22-3)10-18-19-16(24)17-9-11-5-4-6-23-11/h7-8,10-11H,4-6,9H2,1-3H3,(H2,17,19,24)/b18-10-/t11-/m0/s1. The highest BCUT2D eigenvalue weighted by atomic mass is 32.1. The largest absolute Gasteiger partial charge is 0.496 e. The molecule has 24 heavy (non-hydrogen) atoms. The third-order valence-corrected chi connectivity index (χ3v) is 3.86. The fourth-order valence-electron chi connectivity index (χ4n) is 2.37. The molecule has 7 nitrogen and oxygen atoms in total. The Hall–Kier alpha value is -2.06. The number of thiocarbonyl (C=S) groups is 1. The summed E-state index contributed by atoms with van der Waals surface area (Å²) >= 11 is 5.19.